The highest BCUT2D eigenvalue weighted by atomic mass is 32.2. The Bertz CT molecular complexity index is 1190. The fourth-order valence-corrected chi connectivity index (χ4v) is 5.27. The maximum atomic E-state index is 13.5. The Balaban J connectivity index is 1.88. The summed E-state index contributed by atoms with van der Waals surface area (Å²) in [5.41, 5.74) is -1.91. The van der Waals surface area contributed by atoms with Gasteiger partial charge in [0.25, 0.3) is 5.91 Å². The Labute approximate surface area is 195 Å². The van der Waals surface area contributed by atoms with Crippen molar-refractivity contribution in [3.8, 4) is 0 Å². The number of carbonyl (C=O) groups excluding carboxylic acids is 2. The van der Waals surface area contributed by atoms with Crippen molar-refractivity contribution < 1.29 is 35.9 Å². The van der Waals surface area contributed by atoms with Crippen molar-refractivity contribution in [2.75, 3.05) is 23.7 Å². The van der Waals surface area contributed by atoms with Crippen molar-refractivity contribution in [3.63, 3.8) is 0 Å². The number of carbonyl (C=O) groups is 2. The fraction of sp³-hybridized carbons (Fsp3) is 0.364. The molecule has 2 aromatic rings. The van der Waals surface area contributed by atoms with Crippen LogP contribution in [-0.2, 0) is 25.7 Å². The maximum Gasteiger partial charge on any atom is 0.418 e. The Morgan fingerprint density at radius 3 is 2.26 bits per heavy atom. The van der Waals surface area contributed by atoms with Gasteiger partial charge in [0.1, 0.15) is 0 Å². The lowest BCUT2D eigenvalue weighted by Gasteiger charge is -2.34. The number of amides is 2. The van der Waals surface area contributed by atoms with Crippen LogP contribution in [0, 0.1) is 0 Å². The van der Waals surface area contributed by atoms with Gasteiger partial charge in [0.15, 0.2) is 0 Å². The lowest BCUT2D eigenvalue weighted by atomic mass is 10.1. The van der Waals surface area contributed by atoms with E-state index in [1.165, 1.54) is 28.6 Å². The predicted molar refractivity (Wildman–Crippen MR) is 119 cm³/mol. The molecule has 1 fully saturated rings. The van der Waals surface area contributed by atoms with Crippen LogP contribution in [0.3, 0.4) is 0 Å². The number of alkyl halides is 3. The first-order chi connectivity index (χ1) is 15.8. The average Bonchev–Trinajstić information content (AvgIpc) is 2.73. The fourth-order valence-electron chi connectivity index (χ4n) is 3.64. The third-order valence-corrected chi connectivity index (χ3v) is 6.84. The molecule has 1 aliphatic rings. The number of ether oxygens (including phenoxy) is 1. The minimum absolute atomic E-state index is 0.0834. The molecule has 2 aromatic carbocycles. The second kappa shape index (κ2) is 9.72. The van der Waals surface area contributed by atoms with Gasteiger partial charge in [-0.15, -0.1) is 0 Å². The molecular weight excluding hydrogens is 475 g/mol. The molecule has 2 amide bonds. The van der Waals surface area contributed by atoms with Crippen molar-refractivity contribution in [2.45, 2.75) is 44.1 Å². The van der Waals surface area contributed by atoms with Gasteiger partial charge in [0.05, 0.1) is 28.4 Å². The quantitative estimate of drug-likeness (QED) is 0.653. The number of nitrogens with one attached hydrogen (secondary N) is 2. The van der Waals surface area contributed by atoms with Crippen molar-refractivity contribution in [1.29, 1.82) is 0 Å². The van der Waals surface area contributed by atoms with E-state index in [0.717, 1.165) is 19.1 Å². The molecule has 2 atom stereocenters. The third kappa shape index (κ3) is 5.93. The Hall–Kier alpha value is -2.96. The third-order valence-electron chi connectivity index (χ3n) is 5.01. The molecule has 0 saturated carbocycles. The first kappa shape index (κ1) is 25.7. The number of sulfonamides is 1. The molecule has 0 bridgehead atoms. The highest BCUT2D eigenvalue weighted by Crippen LogP contribution is 2.37. The zero-order valence-corrected chi connectivity index (χ0v) is 19.5. The summed E-state index contributed by atoms with van der Waals surface area (Å²) in [4.78, 5) is 23.7. The summed E-state index contributed by atoms with van der Waals surface area (Å²) in [6, 6.07) is 8.03. The van der Waals surface area contributed by atoms with Crippen molar-refractivity contribution in [1.82, 2.24) is 4.31 Å². The van der Waals surface area contributed by atoms with E-state index in [0.29, 0.717) is 6.07 Å². The Kier molecular flexibility index (Phi) is 7.34. The van der Waals surface area contributed by atoms with Gasteiger partial charge in [0, 0.05) is 31.3 Å². The number of nitrogens with zero attached hydrogens (tertiary/aromatic N) is 1. The lowest BCUT2D eigenvalue weighted by molar-refractivity contribution is -0.137. The van der Waals surface area contributed by atoms with E-state index in [9.17, 15) is 31.2 Å². The zero-order chi connectivity index (χ0) is 25.3. The summed E-state index contributed by atoms with van der Waals surface area (Å²) in [7, 11) is -3.95. The van der Waals surface area contributed by atoms with Gasteiger partial charge in [-0.1, -0.05) is 6.07 Å². The van der Waals surface area contributed by atoms with E-state index in [4.69, 9.17) is 4.74 Å². The van der Waals surface area contributed by atoms with Crippen molar-refractivity contribution >= 4 is 33.2 Å². The number of rotatable bonds is 5. The molecule has 2 N–H and O–H groups in total. The van der Waals surface area contributed by atoms with E-state index in [1.54, 1.807) is 13.8 Å². The summed E-state index contributed by atoms with van der Waals surface area (Å²) >= 11 is 0. The maximum absolute atomic E-state index is 13.5. The Morgan fingerprint density at radius 1 is 1.03 bits per heavy atom. The highest BCUT2D eigenvalue weighted by molar-refractivity contribution is 7.89. The molecule has 12 heteroatoms. The molecule has 0 aromatic heterocycles. The van der Waals surface area contributed by atoms with Gasteiger partial charge in [-0.2, -0.15) is 17.5 Å². The van der Waals surface area contributed by atoms with Crippen LogP contribution < -0.4 is 10.6 Å². The lowest BCUT2D eigenvalue weighted by Crippen LogP contribution is -2.48. The molecule has 8 nitrogen and oxygen atoms in total. The van der Waals surface area contributed by atoms with E-state index in [2.05, 4.69) is 10.6 Å². The van der Waals surface area contributed by atoms with Crippen LogP contribution in [0.4, 0.5) is 24.5 Å². The largest absolute Gasteiger partial charge is 0.418 e. The van der Waals surface area contributed by atoms with Gasteiger partial charge in [0.2, 0.25) is 15.9 Å². The SMILES string of the molecule is CC(=O)Nc1ccc(NC(=O)c2cccc(S(=O)(=O)N3C[C@@H](C)O[C@H](C)C3)c2)c(C(F)(F)F)c1. The molecule has 0 spiro atoms. The van der Waals surface area contributed by atoms with Gasteiger partial charge < -0.3 is 15.4 Å². The standard InChI is InChI=1S/C22H24F3N3O5S/c1-13-11-28(12-14(2)33-13)34(31,32)18-6-4-5-16(9-18)21(30)27-20-8-7-17(26-15(3)29)10-19(20)22(23,24)25/h4-10,13-14H,11-12H2,1-3H3,(H,26,29)(H,27,30)/t13-,14-/m1/s1. The van der Waals surface area contributed by atoms with Gasteiger partial charge >= 0.3 is 6.18 Å². The first-order valence-electron chi connectivity index (χ1n) is 10.3. The molecule has 1 aliphatic heterocycles. The summed E-state index contributed by atoms with van der Waals surface area (Å²) < 4.78 is 73.6. The molecule has 34 heavy (non-hydrogen) atoms. The van der Waals surface area contributed by atoms with Crippen LogP contribution in [0.2, 0.25) is 0 Å². The van der Waals surface area contributed by atoms with Gasteiger partial charge in [-0.25, -0.2) is 8.42 Å². The normalized spacial score (nSPS) is 19.5. The minimum Gasteiger partial charge on any atom is -0.373 e. The first-order valence-corrected chi connectivity index (χ1v) is 11.8. The van der Waals surface area contributed by atoms with Crippen LogP contribution in [-0.4, -0.2) is 49.8 Å². The number of hydrogen-bond acceptors (Lipinski definition) is 5. The summed E-state index contributed by atoms with van der Waals surface area (Å²) in [5, 5.41) is 4.45. The highest BCUT2D eigenvalue weighted by Gasteiger charge is 2.35. The van der Waals surface area contributed by atoms with Gasteiger partial charge in [-0.05, 0) is 50.2 Å². The van der Waals surface area contributed by atoms with Crippen LogP contribution in [0.25, 0.3) is 0 Å². The monoisotopic (exact) mass is 499 g/mol. The van der Waals surface area contributed by atoms with E-state index in [-0.39, 0.29) is 41.4 Å². The van der Waals surface area contributed by atoms with Crippen molar-refractivity contribution in [2.24, 2.45) is 0 Å². The van der Waals surface area contributed by atoms with Crippen molar-refractivity contribution in [3.05, 3.63) is 53.6 Å². The second-order valence-corrected chi connectivity index (χ2v) is 9.94. The summed E-state index contributed by atoms with van der Waals surface area (Å²) in [6.07, 6.45) is -5.44. The van der Waals surface area contributed by atoms with Gasteiger partial charge in [-0.3, -0.25) is 9.59 Å². The molecule has 0 radical (unpaired) electrons. The zero-order valence-electron chi connectivity index (χ0n) is 18.6. The molecular formula is C22H24F3N3O5S. The number of halogens is 3. The molecule has 1 saturated heterocycles. The van der Waals surface area contributed by atoms with E-state index >= 15 is 0 Å². The molecule has 0 unspecified atom stereocenters. The summed E-state index contributed by atoms with van der Waals surface area (Å²) in [5.74, 6) is -1.47. The second-order valence-electron chi connectivity index (χ2n) is 8.00. The number of benzene rings is 2. The number of morpholine rings is 1. The van der Waals surface area contributed by atoms with E-state index in [1.807, 2.05) is 0 Å². The van der Waals surface area contributed by atoms with Crippen LogP contribution in [0.1, 0.15) is 36.7 Å². The number of anilines is 2. The van der Waals surface area contributed by atoms with Crippen LogP contribution in [0.5, 0.6) is 0 Å². The van der Waals surface area contributed by atoms with Crippen LogP contribution in [0.15, 0.2) is 47.4 Å². The van der Waals surface area contributed by atoms with E-state index < -0.39 is 39.3 Å². The predicted octanol–water partition coefficient (Wildman–Crippen LogP) is 3.71. The molecule has 1 heterocycles. The minimum atomic E-state index is -4.81. The smallest absolute Gasteiger partial charge is 0.373 e. The molecule has 0 aliphatic carbocycles. The summed E-state index contributed by atoms with van der Waals surface area (Å²) in [6.45, 7) is 4.93. The average molecular weight is 500 g/mol. The van der Waals surface area contributed by atoms with Crippen LogP contribution >= 0.6 is 0 Å². The molecule has 184 valence electrons. The molecule has 3 rings (SSSR count). The number of hydrogen-bond donors (Lipinski definition) is 2. The topological polar surface area (TPSA) is 105 Å². The Morgan fingerprint density at radius 2 is 1.68 bits per heavy atom.